The molecule has 1 saturated carbocycles. The highest BCUT2D eigenvalue weighted by molar-refractivity contribution is 5.84. The van der Waals surface area contributed by atoms with E-state index < -0.39 is 11.6 Å². The molecule has 0 aliphatic heterocycles. The summed E-state index contributed by atoms with van der Waals surface area (Å²) in [6.07, 6.45) is 9.28. The van der Waals surface area contributed by atoms with Crippen LogP contribution in [0.25, 0.3) is 0 Å². The van der Waals surface area contributed by atoms with E-state index in [-0.39, 0.29) is 11.6 Å². The molecule has 76 valence electrons. The lowest BCUT2D eigenvalue weighted by Gasteiger charge is -2.09. The molecule has 1 aliphatic carbocycles. The van der Waals surface area contributed by atoms with Gasteiger partial charge in [0.15, 0.2) is 11.3 Å². The zero-order valence-corrected chi connectivity index (χ0v) is 7.80. The Kier molecular flexibility index (Phi) is 2.05. The van der Waals surface area contributed by atoms with Gasteiger partial charge in [-0.3, -0.25) is 0 Å². The van der Waals surface area contributed by atoms with Gasteiger partial charge in [0.05, 0.1) is 12.4 Å². The van der Waals surface area contributed by atoms with E-state index in [2.05, 4.69) is 15.9 Å². The van der Waals surface area contributed by atoms with E-state index in [1.54, 1.807) is 0 Å². The van der Waals surface area contributed by atoms with Crippen LogP contribution in [0.15, 0.2) is 12.4 Å². The van der Waals surface area contributed by atoms with E-state index in [1.165, 1.54) is 6.20 Å². The summed E-state index contributed by atoms with van der Waals surface area (Å²) >= 11 is 0. The van der Waals surface area contributed by atoms with Crippen LogP contribution in [0.1, 0.15) is 23.3 Å². The number of carboxylic acids is 1. The molecular formula is C10H8N2O3. The van der Waals surface area contributed by atoms with Crippen molar-refractivity contribution in [3.63, 3.8) is 0 Å². The van der Waals surface area contributed by atoms with Gasteiger partial charge >= 0.3 is 5.97 Å². The zero-order chi connectivity index (χ0) is 10.9. The van der Waals surface area contributed by atoms with E-state index >= 15 is 0 Å². The Hall–Kier alpha value is -2.09. The van der Waals surface area contributed by atoms with Gasteiger partial charge in [-0.25, -0.2) is 14.8 Å². The van der Waals surface area contributed by atoms with Crippen LogP contribution in [0, 0.1) is 12.3 Å². The summed E-state index contributed by atoms with van der Waals surface area (Å²) in [5, 5.41) is 8.59. The molecule has 1 aliphatic rings. The molecule has 5 nitrogen and oxygen atoms in total. The second kappa shape index (κ2) is 3.24. The standard InChI is InChI=1S/C10H8N2O3/c1-2-10(3-4-10)15-8-6-11-7(5-12-8)9(13)14/h1,5-6H,3-4H2,(H,13,14). The van der Waals surface area contributed by atoms with Crippen molar-refractivity contribution in [2.45, 2.75) is 18.4 Å². The van der Waals surface area contributed by atoms with Crippen LogP contribution in [0.2, 0.25) is 0 Å². The smallest absolute Gasteiger partial charge is 0.356 e. The Morgan fingerprint density at radius 1 is 1.53 bits per heavy atom. The minimum atomic E-state index is -1.12. The van der Waals surface area contributed by atoms with Gasteiger partial charge in [-0.15, -0.1) is 6.42 Å². The minimum absolute atomic E-state index is 0.118. The molecule has 5 heteroatoms. The molecule has 0 atom stereocenters. The second-order valence-electron chi connectivity index (χ2n) is 3.29. The summed E-state index contributed by atoms with van der Waals surface area (Å²) in [5.74, 6) is 1.67. The fourth-order valence-electron chi connectivity index (χ4n) is 1.07. The molecule has 0 spiro atoms. The Morgan fingerprint density at radius 3 is 2.67 bits per heavy atom. The monoisotopic (exact) mass is 204 g/mol. The predicted octanol–water partition coefficient (Wildman–Crippen LogP) is 0.719. The third-order valence-corrected chi connectivity index (χ3v) is 2.11. The Labute approximate surface area is 86.1 Å². The molecule has 1 heterocycles. The molecule has 0 bridgehead atoms. The van der Waals surface area contributed by atoms with E-state index in [0.717, 1.165) is 19.0 Å². The molecule has 2 rings (SSSR count). The second-order valence-corrected chi connectivity index (χ2v) is 3.29. The molecule has 0 saturated heterocycles. The third kappa shape index (κ3) is 1.89. The summed E-state index contributed by atoms with van der Waals surface area (Å²) in [4.78, 5) is 18.0. The van der Waals surface area contributed by atoms with Crippen LogP contribution in [0.3, 0.4) is 0 Å². The number of hydrogen-bond acceptors (Lipinski definition) is 4. The van der Waals surface area contributed by atoms with Gasteiger partial charge in [-0.1, -0.05) is 5.92 Å². The van der Waals surface area contributed by atoms with Crippen molar-refractivity contribution >= 4 is 5.97 Å². The average Bonchev–Trinajstić information content (AvgIpc) is 2.99. The predicted molar refractivity (Wildman–Crippen MR) is 50.4 cm³/mol. The first-order chi connectivity index (χ1) is 7.15. The average molecular weight is 204 g/mol. The fraction of sp³-hybridized carbons (Fsp3) is 0.300. The molecule has 1 fully saturated rings. The van der Waals surface area contributed by atoms with Gasteiger partial charge in [-0.2, -0.15) is 0 Å². The van der Waals surface area contributed by atoms with Crippen LogP contribution < -0.4 is 4.74 Å². The molecule has 1 aromatic rings. The van der Waals surface area contributed by atoms with E-state index in [0.29, 0.717) is 0 Å². The maximum absolute atomic E-state index is 10.5. The highest BCUT2D eigenvalue weighted by atomic mass is 16.5. The number of hydrogen-bond donors (Lipinski definition) is 1. The number of rotatable bonds is 3. The first-order valence-corrected chi connectivity index (χ1v) is 4.37. The summed E-state index contributed by atoms with van der Waals surface area (Å²) in [6, 6.07) is 0. The largest absolute Gasteiger partial charge is 0.476 e. The normalized spacial score (nSPS) is 16.5. The Morgan fingerprint density at radius 2 is 2.27 bits per heavy atom. The Bertz CT molecular complexity index is 429. The van der Waals surface area contributed by atoms with Crippen LogP contribution >= 0.6 is 0 Å². The number of terminal acetylenes is 1. The molecule has 0 aromatic carbocycles. The number of aromatic nitrogens is 2. The lowest BCUT2D eigenvalue weighted by molar-refractivity contribution is 0.0689. The van der Waals surface area contributed by atoms with Gasteiger partial charge in [0.25, 0.3) is 0 Å². The Balaban J connectivity index is 2.12. The van der Waals surface area contributed by atoms with E-state index in [1.807, 2.05) is 0 Å². The molecule has 1 aromatic heterocycles. The maximum atomic E-state index is 10.5. The van der Waals surface area contributed by atoms with Crippen LogP contribution in [0.5, 0.6) is 5.88 Å². The number of carboxylic acid groups (broad SMARTS) is 1. The topological polar surface area (TPSA) is 72.3 Å². The first-order valence-electron chi connectivity index (χ1n) is 4.37. The van der Waals surface area contributed by atoms with Crippen molar-refractivity contribution in [2.24, 2.45) is 0 Å². The van der Waals surface area contributed by atoms with Crippen LogP contribution in [-0.2, 0) is 0 Å². The summed E-state index contributed by atoms with van der Waals surface area (Å²) in [6.45, 7) is 0. The van der Waals surface area contributed by atoms with Crippen molar-refractivity contribution in [3.05, 3.63) is 18.1 Å². The van der Waals surface area contributed by atoms with Crippen molar-refractivity contribution in [2.75, 3.05) is 0 Å². The SMILES string of the molecule is C#CC1(Oc2cnc(C(=O)O)cn2)CC1. The number of nitrogens with zero attached hydrogens (tertiary/aromatic N) is 2. The maximum Gasteiger partial charge on any atom is 0.356 e. The highest BCUT2D eigenvalue weighted by Gasteiger charge is 2.44. The van der Waals surface area contributed by atoms with Gasteiger partial charge in [0, 0.05) is 12.8 Å². The highest BCUT2D eigenvalue weighted by Crippen LogP contribution is 2.38. The zero-order valence-electron chi connectivity index (χ0n) is 7.80. The van der Waals surface area contributed by atoms with E-state index in [9.17, 15) is 4.79 Å². The summed E-state index contributed by atoms with van der Waals surface area (Å²) in [5.41, 5.74) is -0.660. The molecular weight excluding hydrogens is 196 g/mol. The quantitative estimate of drug-likeness (QED) is 0.734. The molecule has 0 radical (unpaired) electrons. The summed E-state index contributed by atoms with van der Waals surface area (Å²) in [7, 11) is 0. The number of carbonyl (C=O) groups is 1. The molecule has 0 unspecified atom stereocenters. The van der Waals surface area contributed by atoms with Gasteiger partial charge < -0.3 is 9.84 Å². The van der Waals surface area contributed by atoms with Gasteiger partial charge in [-0.05, 0) is 0 Å². The van der Waals surface area contributed by atoms with Crippen molar-refractivity contribution in [1.82, 2.24) is 9.97 Å². The van der Waals surface area contributed by atoms with Crippen molar-refractivity contribution in [3.8, 4) is 18.2 Å². The van der Waals surface area contributed by atoms with Crippen molar-refractivity contribution in [1.29, 1.82) is 0 Å². The summed E-state index contributed by atoms with van der Waals surface area (Å²) < 4.78 is 5.39. The third-order valence-electron chi connectivity index (χ3n) is 2.11. The number of aromatic carboxylic acids is 1. The first kappa shape index (κ1) is 9.46. The lowest BCUT2D eigenvalue weighted by Crippen LogP contribution is -2.16. The van der Waals surface area contributed by atoms with Crippen LogP contribution in [-0.4, -0.2) is 26.6 Å². The molecule has 15 heavy (non-hydrogen) atoms. The fourth-order valence-corrected chi connectivity index (χ4v) is 1.07. The van der Waals surface area contributed by atoms with Crippen molar-refractivity contribution < 1.29 is 14.6 Å². The van der Waals surface area contributed by atoms with E-state index in [4.69, 9.17) is 16.3 Å². The molecule has 1 N–H and O–H groups in total. The van der Waals surface area contributed by atoms with Gasteiger partial charge in [0.1, 0.15) is 0 Å². The van der Waals surface area contributed by atoms with Crippen LogP contribution in [0.4, 0.5) is 0 Å². The number of ether oxygens (including phenoxy) is 1. The lowest BCUT2D eigenvalue weighted by atomic mass is 10.4. The minimum Gasteiger partial charge on any atom is -0.476 e. The molecule has 0 amide bonds. The van der Waals surface area contributed by atoms with Gasteiger partial charge in [0.2, 0.25) is 5.88 Å².